The Morgan fingerprint density at radius 1 is 1.24 bits per heavy atom. The van der Waals surface area contributed by atoms with Crippen LogP contribution in [0.4, 0.5) is 0 Å². The van der Waals surface area contributed by atoms with Crippen LogP contribution in [-0.4, -0.2) is 16.4 Å². The Morgan fingerprint density at radius 3 is 2.71 bits per heavy atom. The lowest BCUT2D eigenvalue weighted by Gasteiger charge is -2.06. The molecule has 1 aromatic carbocycles. The minimum Gasteiger partial charge on any atom is -0.438 e. The Morgan fingerprint density at radius 2 is 2.00 bits per heavy atom. The number of hydrogen-bond acceptors (Lipinski definition) is 4. The Bertz CT molecular complexity index is 521. The third-order valence-corrected chi connectivity index (χ3v) is 2.23. The fourth-order valence-electron chi connectivity index (χ4n) is 1.37. The molecule has 2 rings (SSSR count). The van der Waals surface area contributed by atoms with Crippen molar-refractivity contribution in [3.8, 4) is 11.6 Å². The Kier molecular flexibility index (Phi) is 3.35. The van der Waals surface area contributed by atoms with Crippen LogP contribution in [0.3, 0.4) is 0 Å². The molecule has 0 bridgehead atoms. The van der Waals surface area contributed by atoms with Crippen LogP contribution >= 0.6 is 0 Å². The molecule has 1 N–H and O–H groups in total. The summed E-state index contributed by atoms with van der Waals surface area (Å²) in [6.45, 7) is 2.01. The largest absolute Gasteiger partial charge is 0.438 e. The first kappa shape index (κ1) is 11.1. The van der Waals surface area contributed by atoms with Gasteiger partial charge in [0, 0.05) is 6.20 Å². The zero-order valence-corrected chi connectivity index (χ0v) is 9.37. The summed E-state index contributed by atoms with van der Waals surface area (Å²) in [6.07, 6.45) is 2.91. The van der Waals surface area contributed by atoms with Gasteiger partial charge < -0.3 is 9.94 Å². The number of benzene rings is 1. The number of pyridine rings is 1. The second-order valence-corrected chi connectivity index (χ2v) is 3.56. The van der Waals surface area contributed by atoms with E-state index in [1.165, 1.54) is 6.21 Å². The standard InChI is InChI=1S/C13H12N2O2/c1-10-4-6-12(7-5-10)17-13-11(9-15-16)3-2-8-14-13/h2-9,16H,1H3/b15-9+. The van der Waals surface area contributed by atoms with Crippen molar-refractivity contribution in [1.29, 1.82) is 0 Å². The highest BCUT2D eigenvalue weighted by Gasteiger charge is 2.03. The van der Waals surface area contributed by atoms with Crippen molar-refractivity contribution in [2.45, 2.75) is 6.92 Å². The third-order valence-electron chi connectivity index (χ3n) is 2.23. The lowest BCUT2D eigenvalue weighted by Crippen LogP contribution is -1.93. The van der Waals surface area contributed by atoms with Gasteiger partial charge in [0.2, 0.25) is 5.88 Å². The summed E-state index contributed by atoms with van der Waals surface area (Å²) >= 11 is 0. The molecule has 0 aliphatic rings. The summed E-state index contributed by atoms with van der Waals surface area (Å²) < 4.78 is 5.60. The van der Waals surface area contributed by atoms with Gasteiger partial charge in [-0.15, -0.1) is 0 Å². The van der Waals surface area contributed by atoms with E-state index in [-0.39, 0.29) is 0 Å². The van der Waals surface area contributed by atoms with Gasteiger partial charge in [0.1, 0.15) is 5.75 Å². The quantitative estimate of drug-likeness (QED) is 0.499. The van der Waals surface area contributed by atoms with E-state index in [1.54, 1.807) is 18.3 Å². The molecule has 17 heavy (non-hydrogen) atoms. The minimum atomic E-state index is 0.411. The summed E-state index contributed by atoms with van der Waals surface area (Å²) in [5, 5.41) is 11.5. The van der Waals surface area contributed by atoms with Gasteiger partial charge in [-0.1, -0.05) is 22.9 Å². The van der Waals surface area contributed by atoms with Crippen molar-refractivity contribution in [3.05, 3.63) is 53.7 Å². The van der Waals surface area contributed by atoms with Crippen LogP contribution in [-0.2, 0) is 0 Å². The van der Waals surface area contributed by atoms with Gasteiger partial charge in [-0.25, -0.2) is 4.98 Å². The van der Waals surface area contributed by atoms with Crippen molar-refractivity contribution in [3.63, 3.8) is 0 Å². The zero-order valence-electron chi connectivity index (χ0n) is 9.37. The van der Waals surface area contributed by atoms with E-state index < -0.39 is 0 Å². The van der Waals surface area contributed by atoms with E-state index in [4.69, 9.17) is 9.94 Å². The molecule has 86 valence electrons. The number of nitrogens with zero attached hydrogens (tertiary/aromatic N) is 2. The van der Waals surface area contributed by atoms with Crippen LogP contribution < -0.4 is 4.74 Å². The van der Waals surface area contributed by atoms with Crippen molar-refractivity contribution in [2.24, 2.45) is 5.16 Å². The highest BCUT2D eigenvalue weighted by atomic mass is 16.5. The molecule has 0 fully saturated rings. The summed E-state index contributed by atoms with van der Waals surface area (Å²) in [7, 11) is 0. The first-order valence-electron chi connectivity index (χ1n) is 5.16. The van der Waals surface area contributed by atoms with Gasteiger partial charge in [-0.3, -0.25) is 0 Å². The van der Waals surface area contributed by atoms with Crippen LogP contribution in [0.5, 0.6) is 11.6 Å². The molecule has 0 saturated heterocycles. The molecule has 0 atom stereocenters. The Labute approximate surface area is 99.2 Å². The molecule has 0 amide bonds. The van der Waals surface area contributed by atoms with E-state index in [1.807, 2.05) is 31.2 Å². The summed E-state index contributed by atoms with van der Waals surface area (Å²) in [5.41, 5.74) is 1.78. The molecule has 1 heterocycles. The normalized spacial score (nSPS) is 10.6. The molecule has 0 radical (unpaired) electrons. The predicted molar refractivity (Wildman–Crippen MR) is 64.9 cm³/mol. The molecule has 2 aromatic rings. The number of ether oxygens (including phenoxy) is 1. The summed E-state index contributed by atoms with van der Waals surface area (Å²) in [6, 6.07) is 11.2. The highest BCUT2D eigenvalue weighted by Crippen LogP contribution is 2.21. The average molecular weight is 228 g/mol. The molecular formula is C13H12N2O2. The van der Waals surface area contributed by atoms with Crippen LogP contribution in [0.25, 0.3) is 0 Å². The first-order valence-corrected chi connectivity index (χ1v) is 5.16. The fourth-order valence-corrected chi connectivity index (χ4v) is 1.37. The molecule has 0 spiro atoms. The molecule has 1 aromatic heterocycles. The van der Waals surface area contributed by atoms with E-state index in [0.717, 1.165) is 5.56 Å². The van der Waals surface area contributed by atoms with Crippen molar-refractivity contribution < 1.29 is 9.94 Å². The Hall–Kier alpha value is -2.36. The van der Waals surface area contributed by atoms with Crippen molar-refractivity contribution >= 4 is 6.21 Å². The second kappa shape index (κ2) is 5.12. The number of hydrogen-bond donors (Lipinski definition) is 1. The van der Waals surface area contributed by atoms with E-state index in [2.05, 4.69) is 10.1 Å². The van der Waals surface area contributed by atoms with E-state index in [0.29, 0.717) is 17.2 Å². The van der Waals surface area contributed by atoms with Crippen LogP contribution in [0, 0.1) is 6.92 Å². The monoisotopic (exact) mass is 228 g/mol. The zero-order chi connectivity index (χ0) is 12.1. The second-order valence-electron chi connectivity index (χ2n) is 3.56. The summed E-state index contributed by atoms with van der Waals surface area (Å²) in [4.78, 5) is 4.09. The molecule has 0 saturated carbocycles. The lowest BCUT2D eigenvalue weighted by molar-refractivity contribution is 0.321. The smallest absolute Gasteiger partial charge is 0.228 e. The van der Waals surface area contributed by atoms with Gasteiger partial charge in [-0.2, -0.15) is 0 Å². The Balaban J connectivity index is 2.26. The van der Waals surface area contributed by atoms with E-state index in [9.17, 15) is 0 Å². The SMILES string of the molecule is Cc1ccc(Oc2ncccc2/C=N/O)cc1. The van der Waals surface area contributed by atoms with Crippen molar-refractivity contribution in [1.82, 2.24) is 4.98 Å². The van der Waals surface area contributed by atoms with Gasteiger partial charge in [-0.05, 0) is 31.2 Å². The number of oxime groups is 1. The molecule has 0 aliphatic heterocycles. The first-order chi connectivity index (χ1) is 8.29. The number of aromatic nitrogens is 1. The molecule has 0 aliphatic carbocycles. The minimum absolute atomic E-state index is 0.411. The summed E-state index contributed by atoms with van der Waals surface area (Å²) in [5.74, 6) is 1.11. The maximum Gasteiger partial charge on any atom is 0.228 e. The average Bonchev–Trinajstić information content (AvgIpc) is 2.35. The van der Waals surface area contributed by atoms with E-state index >= 15 is 0 Å². The van der Waals surface area contributed by atoms with Crippen LogP contribution in [0.15, 0.2) is 47.8 Å². The van der Waals surface area contributed by atoms with Crippen LogP contribution in [0.2, 0.25) is 0 Å². The van der Waals surface area contributed by atoms with Crippen molar-refractivity contribution in [2.75, 3.05) is 0 Å². The fraction of sp³-hybridized carbons (Fsp3) is 0.0769. The number of aryl methyl sites for hydroxylation is 1. The van der Waals surface area contributed by atoms with Gasteiger partial charge in [0.05, 0.1) is 11.8 Å². The maximum atomic E-state index is 8.53. The molecule has 0 unspecified atom stereocenters. The van der Waals surface area contributed by atoms with Crippen LogP contribution in [0.1, 0.15) is 11.1 Å². The van der Waals surface area contributed by atoms with Gasteiger partial charge in [0.15, 0.2) is 0 Å². The molecular weight excluding hydrogens is 216 g/mol. The number of rotatable bonds is 3. The lowest BCUT2D eigenvalue weighted by atomic mass is 10.2. The topological polar surface area (TPSA) is 54.7 Å². The third kappa shape index (κ3) is 2.81. The van der Waals surface area contributed by atoms with Gasteiger partial charge >= 0.3 is 0 Å². The predicted octanol–water partition coefficient (Wildman–Crippen LogP) is 2.99. The highest BCUT2D eigenvalue weighted by molar-refractivity contribution is 5.82. The maximum absolute atomic E-state index is 8.53. The molecule has 4 heteroatoms. The molecule has 4 nitrogen and oxygen atoms in total. The van der Waals surface area contributed by atoms with Gasteiger partial charge in [0.25, 0.3) is 0 Å².